The minimum absolute atomic E-state index is 0.279. The number of anilines is 2. The fourth-order valence-electron chi connectivity index (χ4n) is 5.74. The van der Waals surface area contributed by atoms with Crippen molar-refractivity contribution in [3.05, 3.63) is 89.9 Å². The molecule has 1 aromatic heterocycles. The first-order chi connectivity index (χ1) is 21.2. The second-order valence-electron chi connectivity index (χ2n) is 11.4. The summed E-state index contributed by atoms with van der Waals surface area (Å²) in [7, 11) is 3.98. The van der Waals surface area contributed by atoms with Crippen LogP contribution < -0.4 is 20.3 Å². The van der Waals surface area contributed by atoms with E-state index in [1.54, 1.807) is 17.0 Å². The lowest BCUT2D eigenvalue weighted by Crippen LogP contribution is -2.56. The van der Waals surface area contributed by atoms with Crippen molar-refractivity contribution in [3.8, 4) is 5.75 Å². The predicted octanol–water partition coefficient (Wildman–Crippen LogP) is 5.41. The quantitative estimate of drug-likeness (QED) is 0.226. The molecule has 0 spiro atoms. The molecule has 1 fully saturated rings. The monoisotopic (exact) mass is 600 g/mol. The van der Waals surface area contributed by atoms with E-state index in [-0.39, 0.29) is 23.7 Å². The number of aromatic nitrogens is 1. The number of hydrogen-bond acceptors (Lipinski definition) is 5. The number of piperazine rings is 1. The minimum Gasteiger partial charge on any atom is -0.492 e. The fraction of sp³-hybridized carbons (Fsp3) is 0.353. The Morgan fingerprint density at radius 3 is 2.45 bits per heavy atom. The lowest BCUT2D eigenvalue weighted by atomic mass is 9.92. The Kier molecular flexibility index (Phi) is 9.69. The van der Waals surface area contributed by atoms with Gasteiger partial charge in [0, 0.05) is 61.4 Å². The Labute approximate surface area is 258 Å². The zero-order valence-electron chi connectivity index (χ0n) is 25.8. The molecule has 9 nitrogen and oxygen atoms in total. The molecule has 3 amide bonds. The maximum absolute atomic E-state index is 14.1. The maximum Gasteiger partial charge on any atom is 0.318 e. The number of amides is 3. The molecule has 0 unspecified atom stereocenters. The van der Waals surface area contributed by atoms with Gasteiger partial charge in [0.25, 0.3) is 0 Å². The van der Waals surface area contributed by atoms with Gasteiger partial charge in [-0.2, -0.15) is 0 Å². The molecule has 1 aliphatic rings. The molecule has 44 heavy (non-hydrogen) atoms. The number of para-hydroxylation sites is 1. The third kappa shape index (κ3) is 7.14. The highest BCUT2D eigenvalue weighted by molar-refractivity contribution is 5.99. The zero-order chi connectivity index (χ0) is 31.2. The number of ether oxygens (including phenoxy) is 1. The lowest BCUT2D eigenvalue weighted by molar-refractivity contribution is -0.118. The molecule has 5 rings (SSSR count). The number of carbonyl (C=O) groups is 2. The summed E-state index contributed by atoms with van der Waals surface area (Å²) in [5.74, 6) is -0.386. The van der Waals surface area contributed by atoms with Crippen LogP contribution in [0, 0.1) is 5.82 Å². The fourth-order valence-corrected chi connectivity index (χ4v) is 5.74. The van der Waals surface area contributed by atoms with Gasteiger partial charge in [0.2, 0.25) is 5.91 Å². The van der Waals surface area contributed by atoms with E-state index in [9.17, 15) is 14.0 Å². The SMILES string of the molecule is CCOc1ccc(CN(C)C)cc1NC(=O)[C@H](NC(=O)N1CCN(c2ccc(F)cc2)CC1)[C@@H](C)c1c[nH]c2ccccc12. The molecule has 4 aromatic rings. The van der Waals surface area contributed by atoms with Gasteiger partial charge in [-0.1, -0.05) is 31.2 Å². The van der Waals surface area contributed by atoms with E-state index < -0.39 is 6.04 Å². The topological polar surface area (TPSA) is 92.9 Å². The van der Waals surface area contributed by atoms with Crippen molar-refractivity contribution in [2.75, 3.05) is 57.1 Å². The van der Waals surface area contributed by atoms with E-state index in [2.05, 4.69) is 25.4 Å². The summed E-state index contributed by atoms with van der Waals surface area (Å²) in [6, 6.07) is 18.9. The number of hydrogen-bond donors (Lipinski definition) is 3. The molecule has 2 heterocycles. The van der Waals surface area contributed by atoms with Gasteiger partial charge in [-0.25, -0.2) is 9.18 Å². The van der Waals surface area contributed by atoms with Gasteiger partial charge in [0.1, 0.15) is 17.6 Å². The summed E-state index contributed by atoms with van der Waals surface area (Å²) in [4.78, 5) is 37.0. The van der Waals surface area contributed by atoms with E-state index in [0.29, 0.717) is 50.8 Å². The Morgan fingerprint density at radius 2 is 1.75 bits per heavy atom. The van der Waals surface area contributed by atoms with Gasteiger partial charge >= 0.3 is 6.03 Å². The third-order valence-electron chi connectivity index (χ3n) is 8.03. The molecular formula is C34H41FN6O3. The van der Waals surface area contributed by atoms with Gasteiger partial charge in [0.05, 0.1) is 12.3 Å². The van der Waals surface area contributed by atoms with Crippen LogP contribution in [0.1, 0.15) is 30.9 Å². The van der Waals surface area contributed by atoms with Crippen molar-refractivity contribution in [2.24, 2.45) is 0 Å². The van der Waals surface area contributed by atoms with Crippen LogP contribution in [0.25, 0.3) is 10.9 Å². The van der Waals surface area contributed by atoms with E-state index in [1.165, 1.54) is 12.1 Å². The first kappa shape index (κ1) is 30.9. The summed E-state index contributed by atoms with van der Waals surface area (Å²) in [5.41, 5.74) is 4.41. The normalized spacial score (nSPS) is 14.9. The molecule has 3 N–H and O–H groups in total. The molecule has 10 heteroatoms. The molecule has 3 aromatic carbocycles. The van der Waals surface area contributed by atoms with Crippen molar-refractivity contribution >= 4 is 34.2 Å². The second kappa shape index (κ2) is 13.8. The van der Waals surface area contributed by atoms with E-state index in [1.807, 2.05) is 76.6 Å². The standard InChI is InChI=1S/C34H41FN6O3/c1-5-44-31-15-10-24(22-39(3)4)20-30(31)37-33(42)32(23(2)28-21-36-29-9-7-6-8-27(28)29)38-34(43)41-18-16-40(17-19-41)26-13-11-25(35)12-14-26/h6-15,20-21,23,32,36H,5,16-19,22H2,1-4H3,(H,37,42)(H,38,43)/t23-,32+/m0/s1. The summed E-state index contributed by atoms with van der Waals surface area (Å²) >= 11 is 0. The number of fused-ring (bicyclic) bond motifs is 1. The number of rotatable bonds is 10. The largest absolute Gasteiger partial charge is 0.492 e. The van der Waals surface area contributed by atoms with Gasteiger partial charge in [-0.15, -0.1) is 0 Å². The van der Waals surface area contributed by atoms with Crippen molar-refractivity contribution < 1.29 is 18.7 Å². The number of H-pyrrole nitrogens is 1. The van der Waals surface area contributed by atoms with Gasteiger partial charge in [-0.05, 0) is 74.6 Å². The highest BCUT2D eigenvalue weighted by atomic mass is 19.1. The summed E-state index contributed by atoms with van der Waals surface area (Å²) in [5, 5.41) is 7.14. The van der Waals surface area contributed by atoms with Crippen LogP contribution in [0.5, 0.6) is 5.75 Å². The lowest BCUT2D eigenvalue weighted by Gasteiger charge is -2.37. The second-order valence-corrected chi connectivity index (χ2v) is 11.4. The molecule has 1 aliphatic heterocycles. The number of nitrogens with one attached hydrogen (secondary N) is 3. The highest BCUT2D eigenvalue weighted by Crippen LogP contribution is 2.31. The van der Waals surface area contributed by atoms with Crippen LogP contribution in [0.2, 0.25) is 0 Å². The minimum atomic E-state index is -0.871. The average Bonchev–Trinajstić information content (AvgIpc) is 3.45. The van der Waals surface area contributed by atoms with Crippen LogP contribution in [-0.2, 0) is 11.3 Å². The molecule has 232 valence electrons. The van der Waals surface area contributed by atoms with E-state index in [4.69, 9.17) is 4.74 Å². The smallest absolute Gasteiger partial charge is 0.318 e. The molecule has 2 atom stereocenters. The van der Waals surface area contributed by atoms with Crippen molar-refractivity contribution in [3.63, 3.8) is 0 Å². The van der Waals surface area contributed by atoms with Crippen LogP contribution in [0.3, 0.4) is 0 Å². The number of nitrogens with zero attached hydrogens (tertiary/aromatic N) is 3. The average molecular weight is 601 g/mol. The Balaban J connectivity index is 1.37. The molecule has 0 bridgehead atoms. The number of halogens is 1. The van der Waals surface area contributed by atoms with Crippen LogP contribution >= 0.6 is 0 Å². The number of urea groups is 1. The number of carbonyl (C=O) groups excluding carboxylic acids is 2. The van der Waals surface area contributed by atoms with Crippen LogP contribution in [0.15, 0.2) is 72.9 Å². The van der Waals surface area contributed by atoms with E-state index >= 15 is 0 Å². The third-order valence-corrected chi connectivity index (χ3v) is 8.03. The Bertz CT molecular complexity index is 1580. The summed E-state index contributed by atoms with van der Waals surface area (Å²) in [6.45, 7) is 7.15. The molecule has 0 saturated carbocycles. The van der Waals surface area contributed by atoms with Crippen LogP contribution in [-0.4, -0.2) is 79.6 Å². The predicted molar refractivity (Wildman–Crippen MR) is 173 cm³/mol. The summed E-state index contributed by atoms with van der Waals surface area (Å²) in [6.07, 6.45) is 1.91. The number of benzene rings is 3. The van der Waals surface area contributed by atoms with Gasteiger partial charge in [0.15, 0.2) is 0 Å². The highest BCUT2D eigenvalue weighted by Gasteiger charge is 2.32. The van der Waals surface area contributed by atoms with Crippen molar-refractivity contribution in [1.29, 1.82) is 0 Å². The van der Waals surface area contributed by atoms with Crippen LogP contribution in [0.4, 0.5) is 20.6 Å². The zero-order valence-corrected chi connectivity index (χ0v) is 25.8. The Hall–Kier alpha value is -4.57. The number of aromatic amines is 1. The summed E-state index contributed by atoms with van der Waals surface area (Å²) < 4.78 is 19.2. The van der Waals surface area contributed by atoms with Crippen molar-refractivity contribution in [1.82, 2.24) is 20.1 Å². The molecule has 0 aliphatic carbocycles. The van der Waals surface area contributed by atoms with Crippen molar-refractivity contribution in [2.45, 2.75) is 32.4 Å². The molecule has 1 saturated heterocycles. The molecule has 0 radical (unpaired) electrons. The molecular weight excluding hydrogens is 559 g/mol. The first-order valence-corrected chi connectivity index (χ1v) is 15.1. The maximum atomic E-state index is 14.1. The van der Waals surface area contributed by atoms with E-state index in [0.717, 1.165) is 27.7 Å². The van der Waals surface area contributed by atoms with Gasteiger partial charge in [-0.3, -0.25) is 4.79 Å². The van der Waals surface area contributed by atoms with Gasteiger partial charge < -0.3 is 35.1 Å². The first-order valence-electron chi connectivity index (χ1n) is 15.1. The Morgan fingerprint density at radius 1 is 1.02 bits per heavy atom.